The van der Waals surface area contributed by atoms with Gasteiger partial charge in [0.15, 0.2) is 0 Å². The number of allylic oxidation sites excluding steroid dienone is 1. The molecule has 0 amide bonds. The number of ether oxygens (including phenoxy) is 1. The van der Waals surface area contributed by atoms with E-state index in [9.17, 15) is 0 Å². The summed E-state index contributed by atoms with van der Waals surface area (Å²) < 4.78 is 9.19. The minimum atomic E-state index is -0.361. The van der Waals surface area contributed by atoms with Crippen molar-refractivity contribution in [2.24, 2.45) is 0 Å². The SMILES string of the molecule is CC(C)(C)c1cc(N2[CH-]N(c3[c-]c(Oc4[c-]c5c(cc4)c4cc(C(C)(C)C)ccc4n5-c4cc(C(C)(C)C)ccn4)cc(-c4ccccc4)c3)C=C2C(C)(C)c2ccccc2)cc(C(C)(C)C)c1.[Pt]. The van der Waals surface area contributed by atoms with Gasteiger partial charge in [-0.25, -0.2) is 4.98 Å². The Kier molecular flexibility index (Phi) is 13.0. The summed E-state index contributed by atoms with van der Waals surface area (Å²) in [7, 11) is 0. The summed E-state index contributed by atoms with van der Waals surface area (Å²) >= 11 is 0. The number of benzene rings is 6. The molecular formula is C63H67N4OPt-3. The first-order chi connectivity index (χ1) is 31.9. The Morgan fingerprint density at radius 1 is 0.507 bits per heavy atom. The van der Waals surface area contributed by atoms with Gasteiger partial charge in [-0.1, -0.05) is 181 Å². The van der Waals surface area contributed by atoms with E-state index in [1.807, 2.05) is 12.3 Å². The molecule has 0 saturated heterocycles. The van der Waals surface area contributed by atoms with Crippen molar-refractivity contribution in [3.8, 4) is 28.4 Å². The second kappa shape index (κ2) is 18.1. The Hall–Kier alpha value is -5.90. The van der Waals surface area contributed by atoms with Crippen molar-refractivity contribution in [3.63, 3.8) is 0 Å². The van der Waals surface area contributed by atoms with Crippen molar-refractivity contribution in [2.75, 3.05) is 9.80 Å². The van der Waals surface area contributed by atoms with E-state index in [0.717, 1.165) is 55.8 Å². The third-order valence-electron chi connectivity index (χ3n) is 13.6. The summed E-state index contributed by atoms with van der Waals surface area (Å²) in [6.45, 7) is 34.2. The second-order valence-corrected chi connectivity index (χ2v) is 23.3. The van der Waals surface area contributed by atoms with Crippen LogP contribution in [-0.4, -0.2) is 9.55 Å². The van der Waals surface area contributed by atoms with Crippen LogP contribution in [0.1, 0.15) is 125 Å². The van der Waals surface area contributed by atoms with Crippen LogP contribution in [0.3, 0.4) is 0 Å². The smallest absolute Gasteiger partial charge is 0.135 e. The summed E-state index contributed by atoms with van der Waals surface area (Å²) in [4.78, 5) is 9.56. The van der Waals surface area contributed by atoms with E-state index >= 15 is 0 Å². The van der Waals surface area contributed by atoms with Gasteiger partial charge in [0.25, 0.3) is 0 Å². The third kappa shape index (κ3) is 9.96. The van der Waals surface area contributed by atoms with Gasteiger partial charge in [0.05, 0.1) is 0 Å². The van der Waals surface area contributed by atoms with Crippen LogP contribution in [0.2, 0.25) is 0 Å². The van der Waals surface area contributed by atoms with Crippen molar-refractivity contribution in [1.29, 1.82) is 0 Å². The average molecular weight is 1090 g/mol. The standard InChI is InChI=1S/C63H67N4O.Pt/c1-59(2,3)45-25-28-55-54(36-45)53-27-26-51(39-56(53)67(55)58-37-46(29-30-64-58)60(4,5)6)68-52-32-43(42-21-17-15-18-22-42)31-49(38-52)65-40-57(63(13,14)44-23-19-16-20-24-44)66(41-65)50-34-47(61(7,8)9)33-48(35-50)62(10,11)12;/h15-37,40-41H,1-14H3;/q-3;. The van der Waals surface area contributed by atoms with Crippen molar-refractivity contribution < 1.29 is 25.8 Å². The predicted octanol–water partition coefficient (Wildman–Crippen LogP) is 16.7. The van der Waals surface area contributed by atoms with E-state index in [4.69, 9.17) is 9.72 Å². The molecule has 1 aliphatic heterocycles. The first kappa shape index (κ1) is 49.5. The normalized spacial score (nSPS) is 13.8. The zero-order valence-corrected chi connectivity index (χ0v) is 45.2. The van der Waals surface area contributed by atoms with Crippen LogP contribution in [0.25, 0.3) is 38.8 Å². The van der Waals surface area contributed by atoms with Crippen LogP contribution >= 0.6 is 0 Å². The van der Waals surface area contributed by atoms with E-state index in [1.54, 1.807) is 0 Å². The molecule has 1 aliphatic rings. The van der Waals surface area contributed by atoms with Crippen LogP contribution in [0.4, 0.5) is 11.4 Å². The summed E-state index contributed by atoms with van der Waals surface area (Å²) in [5.74, 6) is 2.04. The number of anilines is 2. The molecule has 0 aliphatic carbocycles. The first-order valence-electron chi connectivity index (χ1n) is 24.1. The van der Waals surface area contributed by atoms with E-state index in [1.165, 1.54) is 27.8 Å². The number of fused-ring (bicyclic) bond motifs is 3. The maximum atomic E-state index is 6.95. The van der Waals surface area contributed by atoms with E-state index in [2.05, 4.69) is 264 Å². The fraction of sp³-hybridized carbons (Fsp3) is 0.302. The number of aromatic nitrogens is 2. The van der Waals surface area contributed by atoms with Crippen LogP contribution < -0.4 is 14.5 Å². The van der Waals surface area contributed by atoms with E-state index < -0.39 is 0 Å². The van der Waals surface area contributed by atoms with Gasteiger partial charge in [-0.05, 0) is 97.0 Å². The molecule has 2 aromatic heterocycles. The maximum absolute atomic E-state index is 6.95. The van der Waals surface area contributed by atoms with Gasteiger partial charge >= 0.3 is 0 Å². The Balaban J connectivity index is 0.00000642. The minimum absolute atomic E-state index is 0. The molecule has 69 heavy (non-hydrogen) atoms. The zero-order chi connectivity index (χ0) is 48.6. The molecule has 6 heteroatoms. The Morgan fingerprint density at radius 2 is 1.12 bits per heavy atom. The largest absolute Gasteiger partial charge is 0.509 e. The molecule has 358 valence electrons. The quantitative estimate of drug-likeness (QED) is 0.142. The molecule has 8 aromatic rings. The van der Waals surface area contributed by atoms with Crippen molar-refractivity contribution >= 4 is 33.2 Å². The average Bonchev–Trinajstić information content (AvgIpc) is 3.89. The minimum Gasteiger partial charge on any atom is -0.509 e. The molecule has 0 radical (unpaired) electrons. The van der Waals surface area contributed by atoms with Gasteiger partial charge in [-0.15, -0.1) is 53.6 Å². The molecule has 5 nitrogen and oxygen atoms in total. The molecule has 3 heterocycles. The Morgan fingerprint density at radius 3 is 1.74 bits per heavy atom. The Bertz CT molecular complexity index is 3160. The van der Waals surface area contributed by atoms with Gasteiger partial charge in [-0.3, -0.25) is 0 Å². The molecule has 0 spiro atoms. The number of rotatable bonds is 8. The number of hydrogen-bond donors (Lipinski definition) is 0. The van der Waals surface area contributed by atoms with Crippen molar-refractivity contribution in [1.82, 2.24) is 9.55 Å². The molecule has 0 unspecified atom stereocenters. The molecule has 9 rings (SSSR count). The predicted molar refractivity (Wildman–Crippen MR) is 286 cm³/mol. The second-order valence-electron chi connectivity index (χ2n) is 23.3. The number of pyridine rings is 1. The van der Waals surface area contributed by atoms with Crippen LogP contribution in [-0.2, 0) is 48.1 Å². The van der Waals surface area contributed by atoms with Crippen LogP contribution in [0.5, 0.6) is 11.5 Å². The summed E-state index contributed by atoms with van der Waals surface area (Å²) in [6.07, 6.45) is 4.20. The number of nitrogens with zero attached hydrogens (tertiary/aromatic N) is 4. The molecule has 6 aromatic carbocycles. The molecule has 0 atom stereocenters. The first-order valence-corrected chi connectivity index (χ1v) is 24.1. The molecule has 0 fully saturated rings. The Labute approximate surface area is 426 Å². The zero-order valence-electron chi connectivity index (χ0n) is 42.9. The van der Waals surface area contributed by atoms with Gasteiger partial charge in [0.1, 0.15) is 5.82 Å². The third-order valence-corrected chi connectivity index (χ3v) is 13.6. The van der Waals surface area contributed by atoms with Gasteiger partial charge in [-0.2, -0.15) is 6.07 Å². The van der Waals surface area contributed by atoms with Gasteiger partial charge in [0.2, 0.25) is 0 Å². The van der Waals surface area contributed by atoms with Crippen LogP contribution in [0, 0.1) is 18.8 Å². The van der Waals surface area contributed by atoms with Gasteiger partial charge < -0.3 is 19.1 Å². The van der Waals surface area contributed by atoms with Crippen molar-refractivity contribution in [2.45, 2.75) is 124 Å². The van der Waals surface area contributed by atoms with E-state index in [-0.39, 0.29) is 48.1 Å². The molecule has 0 N–H and O–H groups in total. The maximum Gasteiger partial charge on any atom is 0.135 e. The van der Waals surface area contributed by atoms with Crippen LogP contribution in [0.15, 0.2) is 152 Å². The summed E-state index contributed by atoms with van der Waals surface area (Å²) in [5.41, 5.74) is 13.1. The monoisotopic (exact) mass is 1090 g/mol. The van der Waals surface area contributed by atoms with Crippen molar-refractivity contribution in [3.05, 3.63) is 198 Å². The summed E-state index contributed by atoms with van der Waals surface area (Å²) in [5, 5.41) is 2.26. The van der Waals surface area contributed by atoms with E-state index in [0.29, 0.717) is 11.5 Å². The molecular weight excluding hydrogens is 1020 g/mol. The molecule has 0 saturated carbocycles. The van der Waals surface area contributed by atoms with Gasteiger partial charge in [0, 0.05) is 61.1 Å². The topological polar surface area (TPSA) is 33.5 Å². The number of hydrogen-bond acceptors (Lipinski definition) is 4. The molecule has 0 bridgehead atoms. The fourth-order valence-corrected chi connectivity index (χ4v) is 9.17. The summed E-state index contributed by atoms with van der Waals surface area (Å²) in [6, 6.07) is 55.6. The fourth-order valence-electron chi connectivity index (χ4n) is 9.17.